The van der Waals surface area contributed by atoms with E-state index in [2.05, 4.69) is 10.1 Å². The Hall–Kier alpha value is -2.70. The zero-order valence-electron chi connectivity index (χ0n) is 10.6. The Kier molecular flexibility index (Phi) is 4.32. The van der Waals surface area contributed by atoms with Crippen molar-refractivity contribution < 1.29 is 22.7 Å². The van der Waals surface area contributed by atoms with Crippen LogP contribution < -0.4 is 15.8 Å². The fourth-order valence-electron chi connectivity index (χ4n) is 1.65. The quantitative estimate of drug-likeness (QED) is 0.851. The minimum Gasteiger partial charge on any atom is -0.435 e. The average molecular weight is 296 g/mol. The fourth-order valence-corrected chi connectivity index (χ4v) is 1.65. The van der Waals surface area contributed by atoms with Crippen molar-refractivity contribution in [1.82, 2.24) is 0 Å². The number of benzene rings is 2. The van der Waals surface area contributed by atoms with E-state index in [-0.39, 0.29) is 22.7 Å². The van der Waals surface area contributed by atoms with Crippen LogP contribution in [0.4, 0.5) is 24.5 Å². The number of nitrogen functional groups attached to an aromatic ring is 1. The summed E-state index contributed by atoms with van der Waals surface area (Å²) < 4.78 is 41.9. The third kappa shape index (κ3) is 3.88. The van der Waals surface area contributed by atoms with E-state index in [1.54, 1.807) is 0 Å². The summed E-state index contributed by atoms with van der Waals surface area (Å²) in [5.74, 6) is -1.48. The van der Waals surface area contributed by atoms with Gasteiger partial charge in [0, 0.05) is 11.3 Å². The van der Waals surface area contributed by atoms with Crippen LogP contribution in [-0.4, -0.2) is 12.5 Å². The first-order chi connectivity index (χ1) is 9.95. The molecule has 0 aliphatic carbocycles. The number of nitrogens with two attached hydrogens (primary N) is 1. The highest BCUT2D eigenvalue weighted by atomic mass is 19.3. The van der Waals surface area contributed by atoms with E-state index in [4.69, 9.17) is 5.73 Å². The zero-order valence-corrected chi connectivity index (χ0v) is 10.6. The fraction of sp³-hybridized carbons (Fsp3) is 0.0714. The summed E-state index contributed by atoms with van der Waals surface area (Å²) >= 11 is 0. The van der Waals surface area contributed by atoms with Crippen LogP contribution in [0.2, 0.25) is 0 Å². The molecule has 2 rings (SSSR count). The minimum atomic E-state index is -2.99. The van der Waals surface area contributed by atoms with Gasteiger partial charge in [-0.1, -0.05) is 6.07 Å². The van der Waals surface area contributed by atoms with Crippen LogP contribution in [0.5, 0.6) is 5.75 Å². The molecule has 3 N–H and O–H groups in total. The smallest absolute Gasteiger partial charge is 0.387 e. The molecule has 0 saturated heterocycles. The maximum Gasteiger partial charge on any atom is 0.387 e. The van der Waals surface area contributed by atoms with E-state index < -0.39 is 18.3 Å². The molecule has 2 aromatic rings. The van der Waals surface area contributed by atoms with Crippen molar-refractivity contribution in [2.45, 2.75) is 6.61 Å². The Labute approximate surface area is 118 Å². The van der Waals surface area contributed by atoms with Gasteiger partial charge in [-0.05, 0) is 36.4 Å². The monoisotopic (exact) mass is 296 g/mol. The van der Waals surface area contributed by atoms with Crippen molar-refractivity contribution in [3.05, 3.63) is 53.8 Å². The SMILES string of the molecule is Nc1ccc(F)c(NC(=O)c2cccc(OC(F)F)c2)c1. The van der Waals surface area contributed by atoms with Gasteiger partial charge >= 0.3 is 6.61 Å². The van der Waals surface area contributed by atoms with Crippen LogP contribution in [0, 0.1) is 5.82 Å². The summed E-state index contributed by atoms with van der Waals surface area (Å²) in [4.78, 5) is 12.0. The summed E-state index contributed by atoms with van der Waals surface area (Å²) in [6.07, 6.45) is 0. The highest BCUT2D eigenvalue weighted by Gasteiger charge is 2.12. The standard InChI is InChI=1S/C14H11F3N2O2/c15-11-5-4-9(18)7-12(11)19-13(20)8-2-1-3-10(6-8)21-14(16)17/h1-7,14H,18H2,(H,19,20). The Morgan fingerprint density at radius 2 is 1.95 bits per heavy atom. The number of carbonyl (C=O) groups is 1. The summed E-state index contributed by atoms with van der Waals surface area (Å²) in [5, 5.41) is 2.31. The lowest BCUT2D eigenvalue weighted by atomic mass is 10.2. The lowest BCUT2D eigenvalue weighted by Crippen LogP contribution is -2.13. The molecule has 21 heavy (non-hydrogen) atoms. The minimum absolute atomic E-state index is 0.0509. The Bertz CT molecular complexity index is 662. The van der Waals surface area contributed by atoms with Crippen molar-refractivity contribution in [2.24, 2.45) is 0 Å². The molecule has 7 heteroatoms. The highest BCUT2D eigenvalue weighted by molar-refractivity contribution is 6.04. The summed E-state index contributed by atoms with van der Waals surface area (Å²) in [6, 6.07) is 8.89. The molecular formula is C14H11F3N2O2. The van der Waals surface area contributed by atoms with Crippen LogP contribution >= 0.6 is 0 Å². The van der Waals surface area contributed by atoms with Crippen molar-refractivity contribution in [3.8, 4) is 5.75 Å². The molecule has 0 bridgehead atoms. The van der Waals surface area contributed by atoms with Gasteiger partial charge in [0.05, 0.1) is 5.69 Å². The number of ether oxygens (including phenoxy) is 1. The predicted octanol–water partition coefficient (Wildman–Crippen LogP) is 3.26. The zero-order chi connectivity index (χ0) is 15.4. The van der Waals surface area contributed by atoms with Gasteiger partial charge in [-0.15, -0.1) is 0 Å². The third-order valence-corrected chi connectivity index (χ3v) is 2.56. The second-order valence-electron chi connectivity index (χ2n) is 4.10. The lowest BCUT2D eigenvalue weighted by Gasteiger charge is -2.09. The third-order valence-electron chi connectivity index (χ3n) is 2.56. The van der Waals surface area contributed by atoms with Crippen LogP contribution in [0.3, 0.4) is 0 Å². The van der Waals surface area contributed by atoms with Crippen molar-refractivity contribution in [3.63, 3.8) is 0 Å². The second kappa shape index (κ2) is 6.17. The largest absolute Gasteiger partial charge is 0.435 e. The first-order valence-electron chi connectivity index (χ1n) is 5.87. The number of hydrogen-bond acceptors (Lipinski definition) is 3. The summed E-state index contributed by atoms with van der Waals surface area (Å²) in [7, 11) is 0. The number of halogens is 3. The molecule has 0 aromatic heterocycles. The van der Waals surface area contributed by atoms with Crippen LogP contribution in [0.25, 0.3) is 0 Å². The average Bonchev–Trinajstić information content (AvgIpc) is 2.42. The van der Waals surface area contributed by atoms with E-state index in [0.717, 1.165) is 12.1 Å². The summed E-state index contributed by atoms with van der Waals surface area (Å²) in [5.41, 5.74) is 5.73. The van der Waals surface area contributed by atoms with Crippen molar-refractivity contribution >= 4 is 17.3 Å². The molecule has 4 nitrogen and oxygen atoms in total. The molecular weight excluding hydrogens is 285 g/mol. The predicted molar refractivity (Wildman–Crippen MR) is 71.8 cm³/mol. The van der Waals surface area contributed by atoms with Gasteiger partial charge in [0.15, 0.2) is 0 Å². The second-order valence-corrected chi connectivity index (χ2v) is 4.10. The molecule has 1 amide bonds. The summed E-state index contributed by atoms with van der Waals surface area (Å²) in [6.45, 7) is -2.99. The lowest BCUT2D eigenvalue weighted by molar-refractivity contribution is -0.0498. The Morgan fingerprint density at radius 1 is 1.19 bits per heavy atom. The topological polar surface area (TPSA) is 64.3 Å². The van der Waals surface area contributed by atoms with Gasteiger partial charge in [0.2, 0.25) is 0 Å². The Morgan fingerprint density at radius 3 is 2.67 bits per heavy atom. The molecule has 0 aliphatic heterocycles. The molecule has 2 aromatic carbocycles. The first kappa shape index (κ1) is 14.7. The normalized spacial score (nSPS) is 10.5. The molecule has 0 aliphatic rings. The number of carbonyl (C=O) groups excluding carboxylic acids is 1. The maximum atomic E-state index is 13.5. The molecule has 0 spiro atoms. The number of nitrogens with one attached hydrogen (secondary N) is 1. The van der Waals surface area contributed by atoms with Crippen LogP contribution in [0.1, 0.15) is 10.4 Å². The van der Waals surface area contributed by atoms with E-state index in [0.29, 0.717) is 0 Å². The number of hydrogen-bond donors (Lipinski definition) is 2. The highest BCUT2D eigenvalue weighted by Crippen LogP contribution is 2.20. The molecule has 110 valence electrons. The van der Waals surface area contributed by atoms with Gasteiger partial charge < -0.3 is 15.8 Å². The molecule has 0 fully saturated rings. The van der Waals surface area contributed by atoms with E-state index in [9.17, 15) is 18.0 Å². The number of anilines is 2. The molecule has 0 unspecified atom stereocenters. The number of rotatable bonds is 4. The van der Waals surface area contributed by atoms with Gasteiger partial charge in [0.1, 0.15) is 11.6 Å². The van der Waals surface area contributed by atoms with E-state index in [1.807, 2.05) is 0 Å². The van der Waals surface area contributed by atoms with Crippen molar-refractivity contribution in [2.75, 3.05) is 11.1 Å². The molecule has 0 heterocycles. The maximum absolute atomic E-state index is 13.5. The van der Waals surface area contributed by atoms with E-state index in [1.165, 1.54) is 30.3 Å². The molecule has 0 saturated carbocycles. The van der Waals surface area contributed by atoms with Gasteiger partial charge in [-0.25, -0.2) is 4.39 Å². The Balaban J connectivity index is 2.18. The van der Waals surface area contributed by atoms with Crippen molar-refractivity contribution in [1.29, 1.82) is 0 Å². The van der Waals surface area contributed by atoms with Crippen LogP contribution in [-0.2, 0) is 0 Å². The van der Waals surface area contributed by atoms with Gasteiger partial charge in [-0.2, -0.15) is 8.78 Å². The number of amides is 1. The van der Waals surface area contributed by atoms with Crippen LogP contribution in [0.15, 0.2) is 42.5 Å². The van der Waals surface area contributed by atoms with E-state index >= 15 is 0 Å². The molecule has 0 atom stereocenters. The number of alkyl halides is 2. The first-order valence-corrected chi connectivity index (χ1v) is 5.87. The van der Waals surface area contributed by atoms with Gasteiger partial charge in [0.25, 0.3) is 5.91 Å². The van der Waals surface area contributed by atoms with Gasteiger partial charge in [-0.3, -0.25) is 4.79 Å². The molecule has 0 radical (unpaired) electrons.